The van der Waals surface area contributed by atoms with E-state index in [1.54, 1.807) is 13.8 Å². The van der Waals surface area contributed by atoms with E-state index in [1.807, 2.05) is 36.4 Å². The maximum atomic E-state index is 12.6. The molecular weight excluding hydrogens is 378 g/mol. The fraction of sp³-hybridized carbons (Fsp3) is 0.333. The molecule has 0 unspecified atom stereocenters. The number of aryl methyl sites for hydroxylation is 1. The van der Waals surface area contributed by atoms with Crippen LogP contribution in [0.1, 0.15) is 37.8 Å². The van der Waals surface area contributed by atoms with Gasteiger partial charge in [-0.3, -0.25) is 4.18 Å². The van der Waals surface area contributed by atoms with Crippen LogP contribution >= 0.6 is 0 Å². The van der Waals surface area contributed by atoms with Gasteiger partial charge in [-0.25, -0.2) is 4.79 Å². The number of hydrogen-bond acceptors (Lipinski definition) is 6. The summed E-state index contributed by atoms with van der Waals surface area (Å²) in [7, 11) is -4.17. The molecule has 1 atom stereocenters. The van der Waals surface area contributed by atoms with Crippen molar-refractivity contribution in [3.63, 3.8) is 0 Å². The van der Waals surface area contributed by atoms with Crippen molar-refractivity contribution in [2.24, 2.45) is 0 Å². The van der Waals surface area contributed by atoms with Crippen LogP contribution in [-0.2, 0) is 30.3 Å². The normalized spacial score (nSPS) is 12.4. The van der Waals surface area contributed by atoms with Crippen LogP contribution in [0.2, 0.25) is 0 Å². The van der Waals surface area contributed by atoms with Crippen LogP contribution in [0.3, 0.4) is 0 Å². The molecule has 0 saturated carbocycles. The Bertz CT molecular complexity index is 916. The molecule has 0 fully saturated rings. The Morgan fingerprint density at radius 2 is 1.71 bits per heavy atom. The van der Waals surface area contributed by atoms with Crippen molar-refractivity contribution in [1.29, 1.82) is 5.26 Å². The summed E-state index contributed by atoms with van der Waals surface area (Å²) in [5.41, 5.74) is 1.42. The van der Waals surface area contributed by atoms with Crippen LogP contribution < -0.4 is 0 Å². The lowest BCUT2D eigenvalue weighted by Gasteiger charge is -2.18. The van der Waals surface area contributed by atoms with Gasteiger partial charge in [0.1, 0.15) is 0 Å². The maximum absolute atomic E-state index is 12.6. The Morgan fingerprint density at radius 3 is 2.29 bits per heavy atom. The summed E-state index contributed by atoms with van der Waals surface area (Å²) in [5, 5.41) is 8.83. The third-order valence-corrected chi connectivity index (χ3v) is 5.24. The second kappa shape index (κ2) is 10.0. The molecule has 0 heterocycles. The number of esters is 1. The lowest BCUT2D eigenvalue weighted by atomic mass is 10.1. The van der Waals surface area contributed by atoms with Crippen molar-refractivity contribution in [1.82, 2.24) is 0 Å². The molecule has 0 N–H and O–H groups in total. The van der Waals surface area contributed by atoms with Crippen LogP contribution in [0.25, 0.3) is 0 Å². The zero-order valence-corrected chi connectivity index (χ0v) is 16.7. The van der Waals surface area contributed by atoms with Crippen LogP contribution in [-0.4, -0.2) is 26.6 Å². The predicted molar refractivity (Wildman–Crippen MR) is 104 cm³/mol. The van der Waals surface area contributed by atoms with Gasteiger partial charge in [0.05, 0.1) is 22.6 Å². The Morgan fingerprint density at radius 1 is 1.07 bits per heavy atom. The standard InChI is InChI=1S/C21H23NO5S/c1-16(2)26-21(23)20(10-6-9-17-7-4-3-5-8-17)27-28(24,25)19-13-11-18(15-22)12-14-19/h3-5,7-8,11-14,16,20H,6,9-10H2,1-2H3/t20-/m1/s1. The highest BCUT2D eigenvalue weighted by Crippen LogP contribution is 2.19. The highest BCUT2D eigenvalue weighted by Gasteiger charge is 2.29. The van der Waals surface area contributed by atoms with Crippen molar-refractivity contribution in [2.75, 3.05) is 0 Å². The van der Waals surface area contributed by atoms with Crippen LogP contribution in [0.15, 0.2) is 59.5 Å². The smallest absolute Gasteiger partial charge is 0.337 e. The van der Waals surface area contributed by atoms with Gasteiger partial charge in [0, 0.05) is 0 Å². The average Bonchev–Trinajstić information content (AvgIpc) is 2.67. The molecule has 2 rings (SSSR count). The van der Waals surface area contributed by atoms with E-state index in [9.17, 15) is 13.2 Å². The summed E-state index contributed by atoms with van der Waals surface area (Å²) >= 11 is 0. The molecular formula is C21H23NO5S. The fourth-order valence-corrected chi connectivity index (χ4v) is 3.62. The molecule has 0 aliphatic carbocycles. The Kier molecular flexibility index (Phi) is 7.73. The molecule has 28 heavy (non-hydrogen) atoms. The van der Waals surface area contributed by atoms with Crippen molar-refractivity contribution in [2.45, 2.75) is 50.2 Å². The number of carbonyl (C=O) groups excluding carboxylic acids is 1. The number of benzene rings is 2. The number of ether oxygens (including phenoxy) is 1. The minimum Gasteiger partial charge on any atom is -0.461 e. The molecule has 0 spiro atoms. The Balaban J connectivity index is 2.10. The van der Waals surface area contributed by atoms with Gasteiger partial charge in [0.2, 0.25) is 0 Å². The molecule has 0 amide bonds. The zero-order chi connectivity index (χ0) is 20.6. The van der Waals surface area contributed by atoms with Gasteiger partial charge in [-0.2, -0.15) is 13.7 Å². The first kappa shape index (κ1) is 21.6. The monoisotopic (exact) mass is 401 g/mol. The molecule has 0 radical (unpaired) electrons. The number of nitriles is 1. The highest BCUT2D eigenvalue weighted by molar-refractivity contribution is 7.86. The van der Waals surface area contributed by atoms with E-state index < -0.39 is 22.2 Å². The van der Waals surface area contributed by atoms with Gasteiger partial charge in [-0.05, 0) is 62.9 Å². The first-order valence-electron chi connectivity index (χ1n) is 8.99. The summed E-state index contributed by atoms with van der Waals surface area (Å²) in [6.07, 6.45) is -0.162. The van der Waals surface area contributed by atoms with E-state index in [0.717, 1.165) is 5.56 Å². The molecule has 0 aromatic heterocycles. The lowest BCUT2D eigenvalue weighted by molar-refractivity contribution is -0.156. The zero-order valence-electron chi connectivity index (χ0n) is 15.9. The number of carbonyl (C=O) groups is 1. The first-order chi connectivity index (χ1) is 13.3. The van der Waals surface area contributed by atoms with Gasteiger partial charge in [0.15, 0.2) is 6.10 Å². The number of nitrogens with zero attached hydrogens (tertiary/aromatic N) is 1. The highest BCUT2D eigenvalue weighted by atomic mass is 32.2. The second-order valence-electron chi connectivity index (χ2n) is 6.54. The van der Waals surface area contributed by atoms with Crippen LogP contribution in [0.5, 0.6) is 0 Å². The van der Waals surface area contributed by atoms with Gasteiger partial charge in [0.25, 0.3) is 10.1 Å². The molecule has 0 saturated heterocycles. The molecule has 148 valence electrons. The SMILES string of the molecule is CC(C)OC(=O)[C@@H](CCCc1ccccc1)OS(=O)(=O)c1ccc(C#N)cc1. The summed E-state index contributed by atoms with van der Waals surface area (Å²) < 4.78 is 35.5. The summed E-state index contributed by atoms with van der Waals surface area (Å²) in [5.74, 6) is -0.708. The second-order valence-corrected chi connectivity index (χ2v) is 8.11. The molecule has 6 nitrogen and oxygen atoms in total. The molecule has 7 heteroatoms. The van der Waals surface area contributed by atoms with Crippen molar-refractivity contribution < 1.29 is 22.1 Å². The summed E-state index contributed by atoms with van der Waals surface area (Å²) in [6.45, 7) is 3.38. The lowest BCUT2D eigenvalue weighted by Crippen LogP contribution is -2.31. The Labute approximate surface area is 165 Å². The van der Waals surface area contributed by atoms with E-state index in [-0.39, 0.29) is 17.4 Å². The third-order valence-electron chi connectivity index (χ3n) is 3.90. The maximum Gasteiger partial charge on any atom is 0.337 e. The molecule has 0 bridgehead atoms. The van der Waals surface area contributed by atoms with Gasteiger partial charge in [-0.1, -0.05) is 30.3 Å². The van der Waals surface area contributed by atoms with E-state index in [2.05, 4.69) is 0 Å². The van der Waals surface area contributed by atoms with Crippen molar-refractivity contribution in [3.05, 3.63) is 65.7 Å². The molecule has 2 aromatic carbocycles. The molecule has 2 aromatic rings. The molecule has 0 aliphatic rings. The summed E-state index contributed by atoms with van der Waals surface area (Å²) in [6, 6.07) is 16.9. The van der Waals surface area contributed by atoms with E-state index >= 15 is 0 Å². The van der Waals surface area contributed by atoms with Gasteiger partial charge < -0.3 is 4.74 Å². The number of hydrogen-bond donors (Lipinski definition) is 0. The van der Waals surface area contributed by atoms with Gasteiger partial charge >= 0.3 is 5.97 Å². The van der Waals surface area contributed by atoms with Crippen molar-refractivity contribution in [3.8, 4) is 6.07 Å². The number of rotatable bonds is 9. The average molecular weight is 401 g/mol. The third kappa shape index (κ3) is 6.48. The van der Waals surface area contributed by atoms with E-state index in [4.69, 9.17) is 14.2 Å². The largest absolute Gasteiger partial charge is 0.461 e. The van der Waals surface area contributed by atoms with Crippen LogP contribution in [0.4, 0.5) is 0 Å². The molecule has 0 aliphatic heterocycles. The first-order valence-corrected chi connectivity index (χ1v) is 10.4. The van der Waals surface area contributed by atoms with E-state index in [1.165, 1.54) is 24.3 Å². The topological polar surface area (TPSA) is 93.5 Å². The minimum atomic E-state index is -4.17. The Hall–Kier alpha value is -2.69. The predicted octanol–water partition coefficient (Wildman–Crippen LogP) is 3.61. The minimum absolute atomic E-state index is 0.114. The van der Waals surface area contributed by atoms with Crippen LogP contribution in [0, 0.1) is 11.3 Å². The fourth-order valence-electron chi connectivity index (χ4n) is 2.55. The quantitative estimate of drug-likeness (QED) is 0.471. The van der Waals surface area contributed by atoms with E-state index in [0.29, 0.717) is 18.4 Å². The van der Waals surface area contributed by atoms with Crippen molar-refractivity contribution >= 4 is 16.1 Å². The summed E-state index contributed by atoms with van der Waals surface area (Å²) in [4.78, 5) is 12.2. The van der Waals surface area contributed by atoms with Gasteiger partial charge in [-0.15, -0.1) is 0 Å².